The van der Waals surface area contributed by atoms with Gasteiger partial charge in [0, 0.05) is 49.8 Å². The third-order valence-electron chi connectivity index (χ3n) is 7.07. The van der Waals surface area contributed by atoms with Gasteiger partial charge in [0.25, 0.3) is 11.8 Å². The van der Waals surface area contributed by atoms with E-state index in [4.69, 9.17) is 5.11 Å². The van der Waals surface area contributed by atoms with Gasteiger partial charge in [0.2, 0.25) is 0 Å². The number of benzene rings is 2. The Morgan fingerprint density at radius 2 is 1.49 bits per heavy atom. The molecule has 2 heterocycles. The van der Waals surface area contributed by atoms with Crippen LogP contribution in [0.3, 0.4) is 0 Å². The Morgan fingerprint density at radius 1 is 0.838 bits per heavy atom. The fourth-order valence-corrected chi connectivity index (χ4v) is 4.77. The van der Waals surface area contributed by atoms with E-state index in [9.17, 15) is 9.59 Å². The number of rotatable bonds is 8. The monoisotopic (exact) mass is 500 g/mol. The van der Waals surface area contributed by atoms with Gasteiger partial charge in [0.1, 0.15) is 0 Å². The zero-order valence-electron chi connectivity index (χ0n) is 21.4. The van der Waals surface area contributed by atoms with Gasteiger partial charge in [-0.1, -0.05) is 24.3 Å². The minimum atomic E-state index is -0.140. The van der Waals surface area contributed by atoms with E-state index in [1.807, 2.05) is 60.7 Å². The summed E-state index contributed by atoms with van der Waals surface area (Å²) in [6.07, 6.45) is 8.54. The summed E-state index contributed by atoms with van der Waals surface area (Å²) in [5, 5.41) is 13.1. The second kappa shape index (κ2) is 13.1. The number of likely N-dealkylation sites (tertiary alicyclic amines) is 1. The number of pyridine rings is 1. The van der Waals surface area contributed by atoms with Gasteiger partial charge in [-0.25, -0.2) is 0 Å². The summed E-state index contributed by atoms with van der Waals surface area (Å²) in [7, 11) is 1.00. The summed E-state index contributed by atoms with van der Waals surface area (Å²) < 4.78 is 0. The number of aromatic nitrogens is 1. The first-order valence-electron chi connectivity index (χ1n) is 13.0. The molecule has 1 aliphatic heterocycles. The van der Waals surface area contributed by atoms with Crippen molar-refractivity contribution in [1.82, 2.24) is 20.5 Å². The van der Waals surface area contributed by atoms with Crippen molar-refractivity contribution in [2.75, 3.05) is 26.7 Å². The van der Waals surface area contributed by atoms with E-state index in [0.717, 1.165) is 62.3 Å². The van der Waals surface area contributed by atoms with E-state index in [2.05, 4.69) is 20.5 Å². The molecule has 5 rings (SSSR count). The van der Waals surface area contributed by atoms with Crippen LogP contribution >= 0.6 is 0 Å². The predicted molar refractivity (Wildman–Crippen MR) is 145 cm³/mol. The molecule has 3 N–H and O–H groups in total. The van der Waals surface area contributed by atoms with Crippen LogP contribution < -0.4 is 10.6 Å². The Balaban J connectivity index is 0.00000156. The smallest absolute Gasteiger partial charge is 0.251 e. The molecule has 2 fully saturated rings. The summed E-state index contributed by atoms with van der Waals surface area (Å²) in [6.45, 7) is 3.42. The van der Waals surface area contributed by atoms with Crippen molar-refractivity contribution in [3.63, 3.8) is 0 Å². The van der Waals surface area contributed by atoms with Crippen molar-refractivity contribution in [1.29, 1.82) is 0 Å². The summed E-state index contributed by atoms with van der Waals surface area (Å²) >= 11 is 0. The number of hydrogen-bond donors (Lipinski definition) is 3. The molecule has 1 saturated carbocycles. The summed E-state index contributed by atoms with van der Waals surface area (Å²) in [6, 6.07) is 19.7. The van der Waals surface area contributed by atoms with Crippen LogP contribution in [0, 0.1) is 5.92 Å². The van der Waals surface area contributed by atoms with E-state index in [0.29, 0.717) is 23.6 Å². The van der Waals surface area contributed by atoms with Crippen molar-refractivity contribution in [2.45, 2.75) is 38.3 Å². The number of nitrogens with zero attached hydrogens (tertiary/aromatic N) is 2. The second-order valence-electron chi connectivity index (χ2n) is 9.62. The first kappa shape index (κ1) is 26.5. The molecular weight excluding hydrogens is 464 g/mol. The van der Waals surface area contributed by atoms with E-state index >= 15 is 0 Å². The molecule has 0 spiro atoms. The van der Waals surface area contributed by atoms with Gasteiger partial charge in [0.15, 0.2) is 0 Å². The number of carbonyl (C=O) groups is 2. The van der Waals surface area contributed by atoms with Gasteiger partial charge in [-0.15, -0.1) is 0 Å². The highest BCUT2D eigenvalue weighted by atomic mass is 16.2. The Hall–Kier alpha value is -3.55. The first-order chi connectivity index (χ1) is 18.2. The molecule has 0 bridgehead atoms. The highest BCUT2D eigenvalue weighted by Gasteiger charge is 2.31. The normalized spacial score (nSPS) is 15.8. The lowest BCUT2D eigenvalue weighted by molar-refractivity contribution is 0.0933. The van der Waals surface area contributed by atoms with E-state index in [1.165, 1.54) is 12.8 Å². The lowest BCUT2D eigenvalue weighted by Gasteiger charge is -2.32. The van der Waals surface area contributed by atoms with Crippen LogP contribution in [-0.4, -0.2) is 59.6 Å². The number of carbonyl (C=O) groups excluding carboxylic acids is 2. The van der Waals surface area contributed by atoms with Crippen LogP contribution in [0.5, 0.6) is 0 Å². The number of amides is 2. The van der Waals surface area contributed by atoms with Gasteiger partial charge in [-0.3, -0.25) is 14.6 Å². The molecule has 1 saturated heterocycles. The van der Waals surface area contributed by atoms with Crippen molar-refractivity contribution < 1.29 is 14.7 Å². The number of aliphatic hydroxyl groups excluding tert-OH is 1. The van der Waals surface area contributed by atoms with Crippen molar-refractivity contribution in [3.8, 4) is 11.1 Å². The molecule has 194 valence electrons. The number of nitrogens with one attached hydrogen (secondary N) is 2. The Bertz CT molecular complexity index is 1150. The molecule has 3 aromatic rings. The van der Waals surface area contributed by atoms with Crippen LogP contribution in [0.1, 0.15) is 52.0 Å². The minimum absolute atomic E-state index is 0.0468. The molecule has 7 nitrogen and oxygen atoms in total. The average molecular weight is 501 g/mol. The van der Waals surface area contributed by atoms with E-state index in [-0.39, 0.29) is 11.8 Å². The molecule has 1 aromatic heterocycles. The molecule has 37 heavy (non-hydrogen) atoms. The van der Waals surface area contributed by atoms with Crippen LogP contribution in [0.4, 0.5) is 0 Å². The molecule has 0 radical (unpaired) electrons. The molecule has 1 aliphatic carbocycles. The molecule has 2 aromatic carbocycles. The van der Waals surface area contributed by atoms with Gasteiger partial charge < -0.3 is 20.6 Å². The number of aliphatic hydroxyl groups is 1. The maximum atomic E-state index is 12.7. The Labute approximate surface area is 218 Å². The largest absolute Gasteiger partial charge is 0.400 e. The standard InChI is InChI=1S/C29H32N4O2.CH4O/c34-28(25-6-4-23(5-7-25)24-10-14-30-15-11-24)32-20-22-2-1-3-26(18-22)29(35)31-19-21-12-16-33(17-13-21)27-8-9-27;1-2/h1-7,10-11,14-15,18,21,27H,8-9,12-13,16-17,19-20H2,(H,31,35)(H,32,34);2H,1H3. The molecule has 7 heteroatoms. The van der Waals surface area contributed by atoms with Crippen molar-refractivity contribution in [3.05, 3.63) is 89.7 Å². The maximum absolute atomic E-state index is 12.7. The molecular formula is C30H36N4O3. The first-order valence-corrected chi connectivity index (χ1v) is 13.0. The van der Waals surface area contributed by atoms with Gasteiger partial charge in [-0.05, 0) is 97.8 Å². The topological polar surface area (TPSA) is 94.6 Å². The molecule has 0 atom stereocenters. The highest BCUT2D eigenvalue weighted by Crippen LogP contribution is 2.30. The Morgan fingerprint density at radius 3 is 2.16 bits per heavy atom. The van der Waals surface area contributed by atoms with Crippen LogP contribution in [0.2, 0.25) is 0 Å². The third kappa shape index (κ3) is 7.47. The van der Waals surface area contributed by atoms with Gasteiger partial charge in [0.05, 0.1) is 0 Å². The Kier molecular flexibility index (Phi) is 9.40. The van der Waals surface area contributed by atoms with Crippen LogP contribution in [0.25, 0.3) is 11.1 Å². The third-order valence-corrected chi connectivity index (χ3v) is 7.07. The number of piperidine rings is 1. The lowest BCUT2D eigenvalue weighted by atomic mass is 9.96. The van der Waals surface area contributed by atoms with E-state index < -0.39 is 0 Å². The fraction of sp³-hybridized carbons (Fsp3) is 0.367. The quantitative estimate of drug-likeness (QED) is 0.436. The highest BCUT2D eigenvalue weighted by molar-refractivity contribution is 5.95. The zero-order chi connectivity index (χ0) is 26.0. The summed E-state index contributed by atoms with van der Waals surface area (Å²) in [5.41, 5.74) is 4.23. The van der Waals surface area contributed by atoms with Crippen LogP contribution in [-0.2, 0) is 6.54 Å². The molecule has 2 amide bonds. The second-order valence-corrected chi connectivity index (χ2v) is 9.62. The number of hydrogen-bond acceptors (Lipinski definition) is 5. The predicted octanol–water partition coefficient (Wildman–Crippen LogP) is 3.89. The fourth-order valence-electron chi connectivity index (χ4n) is 4.77. The average Bonchev–Trinajstić information content (AvgIpc) is 3.82. The van der Waals surface area contributed by atoms with Crippen molar-refractivity contribution >= 4 is 11.8 Å². The zero-order valence-corrected chi connectivity index (χ0v) is 21.4. The summed E-state index contributed by atoms with van der Waals surface area (Å²) in [4.78, 5) is 32.0. The van der Waals surface area contributed by atoms with Gasteiger partial charge in [-0.2, -0.15) is 0 Å². The minimum Gasteiger partial charge on any atom is -0.400 e. The molecule has 2 aliphatic rings. The van der Waals surface area contributed by atoms with Crippen LogP contribution in [0.15, 0.2) is 73.1 Å². The van der Waals surface area contributed by atoms with E-state index in [1.54, 1.807) is 12.4 Å². The summed E-state index contributed by atoms with van der Waals surface area (Å²) in [5.74, 6) is 0.370. The molecule has 0 unspecified atom stereocenters. The van der Waals surface area contributed by atoms with Crippen molar-refractivity contribution in [2.24, 2.45) is 5.92 Å². The van der Waals surface area contributed by atoms with Gasteiger partial charge >= 0.3 is 0 Å². The lowest BCUT2D eigenvalue weighted by Crippen LogP contribution is -2.39. The SMILES string of the molecule is CO.O=C(NCc1cccc(C(=O)NCC2CCN(C3CC3)CC2)c1)c1ccc(-c2ccncc2)cc1. The maximum Gasteiger partial charge on any atom is 0.251 e.